The minimum Gasteiger partial charge on any atom is -0.494 e. The molecule has 2 heterocycles. The summed E-state index contributed by atoms with van der Waals surface area (Å²) >= 11 is 5.44. The van der Waals surface area contributed by atoms with Gasteiger partial charge in [-0.25, -0.2) is 0 Å². The number of benzene rings is 1. The van der Waals surface area contributed by atoms with Gasteiger partial charge in [-0.15, -0.1) is 11.3 Å². The van der Waals surface area contributed by atoms with Crippen LogP contribution in [0.3, 0.4) is 0 Å². The van der Waals surface area contributed by atoms with Crippen LogP contribution in [0, 0.1) is 0 Å². The van der Waals surface area contributed by atoms with Crippen molar-refractivity contribution < 1.29 is 4.74 Å². The lowest BCUT2D eigenvalue weighted by Gasteiger charge is -2.31. The Morgan fingerprint density at radius 3 is 2.87 bits per heavy atom. The van der Waals surface area contributed by atoms with Gasteiger partial charge in [0.15, 0.2) is 0 Å². The summed E-state index contributed by atoms with van der Waals surface area (Å²) in [6.45, 7) is 7.04. The van der Waals surface area contributed by atoms with E-state index in [9.17, 15) is 0 Å². The van der Waals surface area contributed by atoms with Crippen LogP contribution in [0.2, 0.25) is 0 Å². The van der Waals surface area contributed by atoms with Gasteiger partial charge in [-0.2, -0.15) is 0 Å². The van der Waals surface area contributed by atoms with Crippen molar-refractivity contribution in [1.82, 2.24) is 10.2 Å². The zero-order valence-corrected chi connectivity index (χ0v) is 15.8. The standard InChI is InChI=1S/C18H23BrN2OS/c1-2-22-15-7-4-3-6-14(15)18(16-8-9-17(19)23-16)21-12-5-10-20-11-13-21/h3-4,6-9,18,20H,2,5,10-13H2,1H3. The molecule has 5 heteroatoms. The third-order valence-electron chi connectivity index (χ3n) is 4.12. The Kier molecular flexibility index (Phi) is 6.11. The summed E-state index contributed by atoms with van der Waals surface area (Å²) in [6, 6.07) is 13.1. The minimum atomic E-state index is 0.258. The number of thiophene rings is 1. The van der Waals surface area contributed by atoms with Crippen LogP contribution >= 0.6 is 27.3 Å². The van der Waals surface area contributed by atoms with Gasteiger partial charge >= 0.3 is 0 Å². The van der Waals surface area contributed by atoms with Crippen molar-refractivity contribution in [1.29, 1.82) is 0 Å². The first-order valence-corrected chi connectivity index (χ1v) is 9.82. The molecule has 1 unspecified atom stereocenters. The largest absolute Gasteiger partial charge is 0.494 e. The molecule has 1 aromatic heterocycles. The Morgan fingerprint density at radius 2 is 2.09 bits per heavy atom. The smallest absolute Gasteiger partial charge is 0.124 e. The Hall–Kier alpha value is -0.880. The molecule has 1 saturated heterocycles. The van der Waals surface area contributed by atoms with Crippen molar-refractivity contribution in [3.8, 4) is 5.75 Å². The van der Waals surface area contributed by atoms with Crippen molar-refractivity contribution >= 4 is 27.3 Å². The van der Waals surface area contributed by atoms with Gasteiger partial charge < -0.3 is 10.1 Å². The van der Waals surface area contributed by atoms with E-state index in [0.29, 0.717) is 6.61 Å². The summed E-state index contributed by atoms with van der Waals surface area (Å²) in [4.78, 5) is 3.95. The highest BCUT2D eigenvalue weighted by Gasteiger charge is 2.27. The molecule has 124 valence electrons. The maximum atomic E-state index is 5.92. The first kappa shape index (κ1) is 17.0. The van der Waals surface area contributed by atoms with Crippen LogP contribution in [0.4, 0.5) is 0 Å². The second-order valence-corrected chi connectivity index (χ2v) is 8.15. The highest BCUT2D eigenvalue weighted by Crippen LogP contribution is 2.39. The van der Waals surface area contributed by atoms with Crippen molar-refractivity contribution in [2.24, 2.45) is 0 Å². The van der Waals surface area contributed by atoms with Crippen molar-refractivity contribution in [3.63, 3.8) is 0 Å². The van der Waals surface area contributed by atoms with Crippen LogP contribution < -0.4 is 10.1 Å². The van der Waals surface area contributed by atoms with Crippen LogP contribution in [0.5, 0.6) is 5.75 Å². The number of ether oxygens (including phenoxy) is 1. The molecule has 0 spiro atoms. The normalized spacial score (nSPS) is 17.7. The number of nitrogens with zero attached hydrogens (tertiary/aromatic N) is 1. The molecule has 1 aliphatic rings. The fourth-order valence-electron chi connectivity index (χ4n) is 3.12. The molecule has 0 bridgehead atoms. The third kappa shape index (κ3) is 4.15. The van der Waals surface area contributed by atoms with Gasteiger partial charge in [0.25, 0.3) is 0 Å². The second kappa shape index (κ2) is 8.29. The highest BCUT2D eigenvalue weighted by atomic mass is 79.9. The molecular weight excluding hydrogens is 372 g/mol. The molecule has 0 saturated carbocycles. The lowest BCUT2D eigenvalue weighted by Crippen LogP contribution is -2.32. The SMILES string of the molecule is CCOc1ccccc1C(c1ccc(Br)s1)N1CCCNCC1. The first-order chi connectivity index (χ1) is 11.3. The van der Waals surface area contributed by atoms with E-state index in [-0.39, 0.29) is 6.04 Å². The molecular formula is C18H23BrN2OS. The van der Waals surface area contributed by atoms with Crippen LogP contribution in [0.25, 0.3) is 0 Å². The monoisotopic (exact) mass is 394 g/mol. The van der Waals surface area contributed by atoms with Crippen LogP contribution in [-0.4, -0.2) is 37.7 Å². The van der Waals surface area contributed by atoms with Crippen LogP contribution in [-0.2, 0) is 0 Å². The Labute approximate surface area is 150 Å². The summed E-state index contributed by atoms with van der Waals surface area (Å²) in [5.41, 5.74) is 1.27. The molecule has 1 fully saturated rings. The van der Waals surface area contributed by atoms with E-state index in [1.165, 1.54) is 20.6 Å². The molecule has 0 aliphatic carbocycles. The van der Waals surface area contributed by atoms with Gasteiger partial charge in [0.1, 0.15) is 5.75 Å². The lowest BCUT2D eigenvalue weighted by atomic mass is 10.0. The van der Waals surface area contributed by atoms with Crippen molar-refractivity contribution in [3.05, 3.63) is 50.6 Å². The van der Waals surface area contributed by atoms with Gasteiger partial charge in [0, 0.05) is 30.1 Å². The number of nitrogens with one attached hydrogen (secondary N) is 1. The number of halogens is 1. The maximum absolute atomic E-state index is 5.92. The molecule has 0 radical (unpaired) electrons. The van der Waals surface area contributed by atoms with Gasteiger partial charge in [0.2, 0.25) is 0 Å². The fourth-order valence-corrected chi connectivity index (χ4v) is 4.70. The lowest BCUT2D eigenvalue weighted by molar-refractivity contribution is 0.236. The molecule has 1 aromatic carbocycles. The summed E-state index contributed by atoms with van der Waals surface area (Å²) in [7, 11) is 0. The van der Waals surface area contributed by atoms with Crippen molar-refractivity contribution in [2.75, 3.05) is 32.8 Å². The highest BCUT2D eigenvalue weighted by molar-refractivity contribution is 9.11. The fraction of sp³-hybridized carbons (Fsp3) is 0.444. The minimum absolute atomic E-state index is 0.258. The van der Waals surface area contributed by atoms with E-state index in [0.717, 1.165) is 31.9 Å². The molecule has 1 aliphatic heterocycles. The Balaban J connectivity index is 2.01. The van der Waals surface area contributed by atoms with Crippen LogP contribution in [0.15, 0.2) is 40.2 Å². The first-order valence-electron chi connectivity index (χ1n) is 8.21. The summed E-state index contributed by atoms with van der Waals surface area (Å²) in [5, 5.41) is 3.50. The van der Waals surface area contributed by atoms with Crippen LogP contribution in [0.1, 0.15) is 29.8 Å². The van der Waals surface area contributed by atoms with Gasteiger partial charge in [-0.3, -0.25) is 4.90 Å². The molecule has 1 N–H and O–H groups in total. The van der Waals surface area contributed by atoms with E-state index < -0.39 is 0 Å². The quantitative estimate of drug-likeness (QED) is 0.817. The van der Waals surface area contributed by atoms with Gasteiger partial charge in [-0.1, -0.05) is 18.2 Å². The van der Waals surface area contributed by atoms with E-state index in [2.05, 4.69) is 62.5 Å². The second-order valence-electron chi connectivity index (χ2n) is 5.65. The van der Waals surface area contributed by atoms with E-state index in [4.69, 9.17) is 4.74 Å². The van der Waals surface area contributed by atoms with Gasteiger partial charge in [0.05, 0.1) is 16.4 Å². The zero-order chi connectivity index (χ0) is 16.1. The molecule has 23 heavy (non-hydrogen) atoms. The van der Waals surface area contributed by atoms with Crippen molar-refractivity contribution in [2.45, 2.75) is 19.4 Å². The summed E-state index contributed by atoms with van der Waals surface area (Å²) < 4.78 is 7.10. The number of para-hydroxylation sites is 1. The summed E-state index contributed by atoms with van der Waals surface area (Å²) in [6.07, 6.45) is 1.18. The molecule has 3 nitrogen and oxygen atoms in total. The van der Waals surface area contributed by atoms with E-state index in [1.54, 1.807) is 0 Å². The average Bonchev–Trinajstić information content (AvgIpc) is 2.82. The summed E-state index contributed by atoms with van der Waals surface area (Å²) in [5.74, 6) is 1.00. The molecule has 1 atom stereocenters. The zero-order valence-electron chi connectivity index (χ0n) is 13.4. The number of hydrogen-bond acceptors (Lipinski definition) is 4. The van der Waals surface area contributed by atoms with E-state index >= 15 is 0 Å². The third-order valence-corrected chi connectivity index (χ3v) is 5.79. The maximum Gasteiger partial charge on any atom is 0.124 e. The topological polar surface area (TPSA) is 24.5 Å². The average molecular weight is 395 g/mol. The number of rotatable bonds is 5. The Morgan fingerprint density at radius 1 is 1.22 bits per heavy atom. The predicted octanol–water partition coefficient (Wildman–Crippen LogP) is 4.29. The Bertz CT molecular complexity index is 623. The number of hydrogen-bond donors (Lipinski definition) is 1. The van der Waals surface area contributed by atoms with E-state index in [1.807, 2.05) is 18.3 Å². The van der Waals surface area contributed by atoms with Gasteiger partial charge in [-0.05, 0) is 54.0 Å². The molecule has 0 amide bonds. The molecule has 3 rings (SSSR count). The molecule has 2 aromatic rings. The predicted molar refractivity (Wildman–Crippen MR) is 101 cm³/mol.